The van der Waals surface area contributed by atoms with Gasteiger partial charge in [0.25, 0.3) is 0 Å². The average molecular weight is 261 g/mol. The van der Waals surface area contributed by atoms with E-state index in [0.29, 0.717) is 10.9 Å². The predicted octanol–water partition coefficient (Wildman–Crippen LogP) is 2.27. The Kier molecular flexibility index (Phi) is 3.37. The lowest BCUT2D eigenvalue weighted by Crippen LogP contribution is -2.28. The molecular formula is C10H10ClFN2OS. The molecule has 1 aliphatic rings. The van der Waals surface area contributed by atoms with Crippen molar-refractivity contribution in [1.82, 2.24) is 0 Å². The van der Waals surface area contributed by atoms with Crippen molar-refractivity contribution in [2.45, 2.75) is 5.72 Å². The minimum Gasteiger partial charge on any atom is -0.367 e. The summed E-state index contributed by atoms with van der Waals surface area (Å²) >= 11 is 6.97. The van der Waals surface area contributed by atoms with E-state index in [-0.39, 0.29) is 11.7 Å². The SMILES string of the molecule is OC1(CCl)CSC(Nc2ccc(F)cc2)=N1. The summed E-state index contributed by atoms with van der Waals surface area (Å²) in [6.45, 7) is 0. The average Bonchev–Trinajstić information content (AvgIpc) is 2.65. The highest BCUT2D eigenvalue weighted by molar-refractivity contribution is 8.14. The van der Waals surface area contributed by atoms with E-state index in [9.17, 15) is 9.50 Å². The summed E-state index contributed by atoms with van der Waals surface area (Å²) in [5.74, 6) is 0.207. The second-order valence-electron chi connectivity index (χ2n) is 3.45. The number of aliphatic hydroxyl groups is 1. The van der Waals surface area contributed by atoms with Crippen molar-refractivity contribution >= 4 is 34.2 Å². The van der Waals surface area contributed by atoms with Gasteiger partial charge in [-0.1, -0.05) is 11.8 Å². The lowest BCUT2D eigenvalue weighted by Gasteiger charge is -2.12. The third-order valence-electron chi connectivity index (χ3n) is 2.06. The first-order valence-corrected chi connectivity index (χ1v) is 6.17. The molecule has 0 radical (unpaired) electrons. The third-order valence-corrected chi connectivity index (χ3v) is 3.56. The molecule has 1 aromatic carbocycles. The summed E-state index contributed by atoms with van der Waals surface area (Å²) < 4.78 is 12.7. The fourth-order valence-electron chi connectivity index (χ4n) is 1.23. The molecule has 3 nitrogen and oxygen atoms in total. The molecule has 1 aliphatic heterocycles. The molecule has 1 atom stereocenters. The first kappa shape index (κ1) is 11.7. The Bertz CT molecular complexity index is 412. The maximum absolute atomic E-state index is 12.7. The fraction of sp³-hybridized carbons (Fsp3) is 0.300. The Morgan fingerprint density at radius 2 is 2.19 bits per heavy atom. The van der Waals surface area contributed by atoms with Gasteiger partial charge in [0.1, 0.15) is 5.82 Å². The van der Waals surface area contributed by atoms with Gasteiger partial charge in [-0.05, 0) is 24.3 Å². The maximum Gasteiger partial charge on any atom is 0.181 e. The number of anilines is 1. The number of aliphatic imine (C=N–C) groups is 1. The van der Waals surface area contributed by atoms with Crippen LogP contribution in [0.1, 0.15) is 0 Å². The summed E-state index contributed by atoms with van der Waals surface area (Å²) in [6, 6.07) is 5.93. The van der Waals surface area contributed by atoms with E-state index in [2.05, 4.69) is 10.3 Å². The molecule has 1 heterocycles. The first-order valence-electron chi connectivity index (χ1n) is 4.65. The number of nitrogens with one attached hydrogen (secondary N) is 1. The van der Waals surface area contributed by atoms with Crippen molar-refractivity contribution in [3.63, 3.8) is 0 Å². The van der Waals surface area contributed by atoms with Gasteiger partial charge in [-0.15, -0.1) is 11.6 Å². The third kappa shape index (κ3) is 2.66. The van der Waals surface area contributed by atoms with Crippen LogP contribution in [0.5, 0.6) is 0 Å². The van der Waals surface area contributed by atoms with Crippen molar-refractivity contribution in [2.24, 2.45) is 4.99 Å². The van der Waals surface area contributed by atoms with Crippen molar-refractivity contribution in [2.75, 3.05) is 16.9 Å². The Labute approximate surface area is 102 Å². The van der Waals surface area contributed by atoms with Crippen molar-refractivity contribution in [3.8, 4) is 0 Å². The molecule has 2 N–H and O–H groups in total. The zero-order valence-corrected chi connectivity index (χ0v) is 9.85. The van der Waals surface area contributed by atoms with Crippen molar-refractivity contribution in [3.05, 3.63) is 30.1 Å². The lowest BCUT2D eigenvalue weighted by atomic mass is 10.3. The predicted molar refractivity (Wildman–Crippen MR) is 65.6 cm³/mol. The molecule has 0 amide bonds. The first-order chi connectivity index (χ1) is 7.61. The van der Waals surface area contributed by atoms with Gasteiger partial charge >= 0.3 is 0 Å². The van der Waals surface area contributed by atoms with Crippen LogP contribution in [0.4, 0.5) is 10.1 Å². The van der Waals surface area contributed by atoms with Crippen LogP contribution in [0.15, 0.2) is 29.3 Å². The summed E-state index contributed by atoms with van der Waals surface area (Å²) in [5.41, 5.74) is -0.458. The van der Waals surface area contributed by atoms with Gasteiger partial charge < -0.3 is 10.4 Å². The van der Waals surface area contributed by atoms with Gasteiger partial charge in [-0.2, -0.15) is 0 Å². The number of hydrogen-bond acceptors (Lipinski definition) is 4. The van der Waals surface area contributed by atoms with Crippen LogP contribution in [0.3, 0.4) is 0 Å². The molecule has 6 heteroatoms. The van der Waals surface area contributed by atoms with Crippen LogP contribution in [0.25, 0.3) is 0 Å². The molecule has 0 bridgehead atoms. The molecule has 0 fully saturated rings. The zero-order chi connectivity index (χ0) is 11.6. The van der Waals surface area contributed by atoms with Gasteiger partial charge in [0.05, 0.1) is 11.6 Å². The van der Waals surface area contributed by atoms with Crippen LogP contribution in [0, 0.1) is 5.82 Å². The van der Waals surface area contributed by atoms with Crippen LogP contribution in [0.2, 0.25) is 0 Å². The summed E-state index contributed by atoms with van der Waals surface area (Å²) in [6.07, 6.45) is 0. The maximum atomic E-state index is 12.7. The highest BCUT2D eigenvalue weighted by Crippen LogP contribution is 2.27. The number of amidine groups is 1. The van der Waals surface area contributed by atoms with E-state index >= 15 is 0 Å². The quantitative estimate of drug-likeness (QED) is 0.802. The molecular weight excluding hydrogens is 251 g/mol. The molecule has 0 spiro atoms. The molecule has 0 saturated carbocycles. The van der Waals surface area contributed by atoms with Crippen molar-refractivity contribution in [1.29, 1.82) is 0 Å². The minimum absolute atomic E-state index is 0.0641. The zero-order valence-electron chi connectivity index (χ0n) is 8.28. The van der Waals surface area contributed by atoms with Gasteiger partial charge in [-0.3, -0.25) is 0 Å². The number of alkyl halides is 1. The second-order valence-corrected chi connectivity index (χ2v) is 4.68. The normalized spacial score (nSPS) is 24.3. The van der Waals surface area contributed by atoms with Crippen LogP contribution < -0.4 is 5.32 Å². The Balaban J connectivity index is 2.06. The highest BCUT2D eigenvalue weighted by atomic mass is 35.5. The van der Waals surface area contributed by atoms with Crippen LogP contribution in [-0.2, 0) is 0 Å². The number of rotatable bonds is 2. The Hall–Kier alpha value is -0.780. The summed E-state index contributed by atoms with van der Waals surface area (Å²) in [7, 11) is 0. The smallest absolute Gasteiger partial charge is 0.181 e. The summed E-state index contributed by atoms with van der Waals surface area (Å²) in [5, 5.41) is 13.3. The molecule has 0 saturated heterocycles. The molecule has 1 unspecified atom stereocenters. The van der Waals surface area contributed by atoms with Gasteiger partial charge in [0.2, 0.25) is 0 Å². The molecule has 2 rings (SSSR count). The van der Waals surface area contributed by atoms with Crippen LogP contribution in [-0.4, -0.2) is 27.6 Å². The van der Waals surface area contributed by atoms with Gasteiger partial charge in [0, 0.05) is 5.69 Å². The number of thioether (sulfide) groups is 1. The van der Waals surface area contributed by atoms with Gasteiger partial charge in [0.15, 0.2) is 10.9 Å². The molecule has 0 aliphatic carbocycles. The van der Waals surface area contributed by atoms with E-state index in [1.165, 1.54) is 23.9 Å². The van der Waals surface area contributed by atoms with E-state index in [1.54, 1.807) is 12.1 Å². The Morgan fingerprint density at radius 3 is 2.75 bits per heavy atom. The fourth-order valence-corrected chi connectivity index (χ4v) is 2.45. The topological polar surface area (TPSA) is 44.6 Å². The standard InChI is InChI=1S/C10H10ClFN2OS/c11-5-10(15)6-16-9(14-10)13-8-3-1-7(12)2-4-8/h1-4,15H,5-6H2,(H,13,14). The van der Waals surface area contributed by atoms with E-state index in [1.807, 2.05) is 0 Å². The van der Waals surface area contributed by atoms with E-state index < -0.39 is 5.72 Å². The molecule has 0 aromatic heterocycles. The monoisotopic (exact) mass is 260 g/mol. The summed E-state index contributed by atoms with van der Waals surface area (Å²) in [4.78, 5) is 4.05. The second kappa shape index (κ2) is 4.61. The van der Waals surface area contributed by atoms with E-state index in [0.717, 1.165) is 5.69 Å². The number of halogens is 2. The lowest BCUT2D eigenvalue weighted by molar-refractivity contribution is 0.103. The minimum atomic E-state index is -1.19. The highest BCUT2D eigenvalue weighted by Gasteiger charge is 2.32. The molecule has 1 aromatic rings. The number of hydrogen-bond donors (Lipinski definition) is 2. The van der Waals surface area contributed by atoms with Gasteiger partial charge in [-0.25, -0.2) is 9.38 Å². The Morgan fingerprint density at radius 1 is 1.50 bits per heavy atom. The molecule has 16 heavy (non-hydrogen) atoms. The molecule has 86 valence electrons. The van der Waals surface area contributed by atoms with E-state index in [4.69, 9.17) is 11.6 Å². The number of nitrogens with zero attached hydrogens (tertiary/aromatic N) is 1. The largest absolute Gasteiger partial charge is 0.367 e. The number of benzene rings is 1. The van der Waals surface area contributed by atoms with Crippen LogP contribution >= 0.6 is 23.4 Å². The van der Waals surface area contributed by atoms with Crippen molar-refractivity contribution < 1.29 is 9.50 Å².